The number of nitrogens with zero attached hydrogens (tertiary/aromatic N) is 4. The van der Waals surface area contributed by atoms with Gasteiger partial charge >= 0.3 is 0 Å². The van der Waals surface area contributed by atoms with Crippen LogP contribution in [0.15, 0.2) is 30.7 Å². The van der Waals surface area contributed by atoms with Crippen molar-refractivity contribution in [2.24, 2.45) is 0 Å². The third kappa shape index (κ3) is 3.65. The van der Waals surface area contributed by atoms with Crippen LogP contribution in [0.25, 0.3) is 0 Å². The van der Waals surface area contributed by atoms with Gasteiger partial charge in [-0.2, -0.15) is 0 Å². The maximum atomic E-state index is 13.0. The number of carbonyl (C=O) groups excluding carboxylic acids is 1. The van der Waals surface area contributed by atoms with Crippen molar-refractivity contribution in [3.8, 4) is 0 Å². The Labute approximate surface area is 150 Å². The Morgan fingerprint density at radius 1 is 1.27 bits per heavy atom. The third-order valence-corrected chi connectivity index (χ3v) is 4.82. The Morgan fingerprint density at radius 3 is 2.69 bits per heavy atom. The van der Waals surface area contributed by atoms with E-state index < -0.39 is 11.4 Å². The molecule has 1 aliphatic carbocycles. The molecule has 0 bridgehead atoms. The number of rotatable bonds is 5. The Bertz CT molecular complexity index is 794. The molecular formula is C18H20FN5O2. The Morgan fingerprint density at radius 2 is 2.04 bits per heavy atom. The van der Waals surface area contributed by atoms with Gasteiger partial charge in [-0.15, -0.1) is 0 Å². The average molecular weight is 357 g/mol. The van der Waals surface area contributed by atoms with E-state index in [9.17, 15) is 14.3 Å². The van der Waals surface area contributed by atoms with Crippen molar-refractivity contribution in [3.63, 3.8) is 0 Å². The minimum absolute atomic E-state index is 0.119. The number of aliphatic hydroxyl groups is 1. The molecule has 1 saturated carbocycles. The summed E-state index contributed by atoms with van der Waals surface area (Å²) in [5, 5.41) is 13.5. The van der Waals surface area contributed by atoms with Gasteiger partial charge in [0.2, 0.25) is 0 Å². The molecule has 2 fully saturated rings. The first-order chi connectivity index (χ1) is 12.5. The zero-order chi connectivity index (χ0) is 18.1. The Hall–Kier alpha value is -2.61. The first-order valence-corrected chi connectivity index (χ1v) is 8.71. The van der Waals surface area contributed by atoms with Gasteiger partial charge in [-0.05, 0) is 31.4 Å². The lowest BCUT2D eigenvalue weighted by Crippen LogP contribution is -2.45. The molecule has 1 saturated heterocycles. The smallest absolute Gasteiger partial charge is 0.254 e. The minimum Gasteiger partial charge on any atom is -0.386 e. The van der Waals surface area contributed by atoms with E-state index in [4.69, 9.17) is 0 Å². The average Bonchev–Trinajstić information content (AvgIpc) is 3.43. The van der Waals surface area contributed by atoms with Gasteiger partial charge in [0, 0.05) is 37.9 Å². The molecule has 1 aliphatic heterocycles. The lowest BCUT2D eigenvalue weighted by molar-refractivity contribution is 0.0575. The van der Waals surface area contributed by atoms with E-state index >= 15 is 0 Å². The number of hydrogen-bond donors (Lipinski definition) is 2. The van der Waals surface area contributed by atoms with Crippen LogP contribution >= 0.6 is 0 Å². The van der Waals surface area contributed by atoms with E-state index in [2.05, 4.69) is 20.3 Å². The highest BCUT2D eigenvalue weighted by Crippen LogP contribution is 2.37. The normalized spacial score (nSPS) is 22.5. The van der Waals surface area contributed by atoms with Crippen LogP contribution in [0.5, 0.6) is 0 Å². The molecule has 2 aromatic rings. The summed E-state index contributed by atoms with van der Waals surface area (Å²) in [6.07, 6.45) is 6.92. The standard InChI is InChI=1S/C18H20FN5O2/c19-14-3-4-15(20-9-14)24-6-5-18(26,11-24)10-23-17(25)13-7-21-16(22-8-13)12-1-2-12/h3-4,7-9,12,26H,1-2,5-6,10-11H2,(H,23,25)/t18-/m1/s1. The fraction of sp³-hybridized carbons (Fsp3) is 0.444. The number of aromatic nitrogens is 3. The summed E-state index contributed by atoms with van der Waals surface area (Å²) in [6, 6.07) is 2.92. The molecule has 26 heavy (non-hydrogen) atoms. The summed E-state index contributed by atoms with van der Waals surface area (Å²) in [6.45, 7) is 1.03. The quantitative estimate of drug-likeness (QED) is 0.837. The monoisotopic (exact) mass is 357 g/mol. The largest absolute Gasteiger partial charge is 0.386 e. The predicted octanol–water partition coefficient (Wildman–Crippen LogP) is 1.26. The second-order valence-electron chi connectivity index (χ2n) is 7.02. The van der Waals surface area contributed by atoms with E-state index in [-0.39, 0.29) is 12.5 Å². The van der Waals surface area contributed by atoms with E-state index in [1.165, 1.54) is 18.5 Å². The molecule has 0 aromatic carbocycles. The van der Waals surface area contributed by atoms with Crippen LogP contribution in [0, 0.1) is 5.82 Å². The SMILES string of the molecule is O=C(NC[C@]1(O)CCN(c2ccc(F)cn2)C1)c1cnc(C2CC2)nc1. The van der Waals surface area contributed by atoms with Crippen molar-refractivity contribution in [3.05, 3.63) is 47.9 Å². The van der Waals surface area contributed by atoms with Crippen molar-refractivity contribution in [2.45, 2.75) is 30.8 Å². The molecule has 1 atom stereocenters. The molecule has 1 amide bonds. The summed E-state index contributed by atoms with van der Waals surface area (Å²) in [4.78, 5) is 26.6. The minimum atomic E-state index is -1.06. The van der Waals surface area contributed by atoms with Crippen molar-refractivity contribution < 1.29 is 14.3 Å². The first-order valence-electron chi connectivity index (χ1n) is 8.71. The second kappa shape index (κ2) is 6.60. The highest BCUT2D eigenvalue weighted by atomic mass is 19.1. The highest BCUT2D eigenvalue weighted by Gasteiger charge is 2.37. The number of pyridine rings is 1. The molecule has 4 rings (SSSR count). The molecule has 136 valence electrons. The van der Waals surface area contributed by atoms with E-state index in [1.807, 2.05) is 4.90 Å². The van der Waals surface area contributed by atoms with Gasteiger partial charge in [-0.3, -0.25) is 4.79 Å². The molecule has 2 aromatic heterocycles. The van der Waals surface area contributed by atoms with Gasteiger partial charge in [0.25, 0.3) is 5.91 Å². The maximum Gasteiger partial charge on any atom is 0.254 e. The third-order valence-electron chi connectivity index (χ3n) is 4.82. The van der Waals surface area contributed by atoms with Crippen molar-refractivity contribution in [2.75, 3.05) is 24.5 Å². The molecule has 3 heterocycles. The van der Waals surface area contributed by atoms with Crippen LogP contribution in [0.1, 0.15) is 41.4 Å². The van der Waals surface area contributed by atoms with E-state index in [0.717, 1.165) is 24.9 Å². The first kappa shape index (κ1) is 16.8. The molecule has 2 N–H and O–H groups in total. The fourth-order valence-electron chi connectivity index (χ4n) is 3.11. The van der Waals surface area contributed by atoms with Crippen LogP contribution in [0.3, 0.4) is 0 Å². The summed E-state index contributed by atoms with van der Waals surface area (Å²) < 4.78 is 13.0. The highest BCUT2D eigenvalue weighted by molar-refractivity contribution is 5.93. The summed E-state index contributed by atoms with van der Waals surface area (Å²) in [7, 11) is 0. The Kier molecular flexibility index (Phi) is 4.28. The molecule has 7 nitrogen and oxygen atoms in total. The van der Waals surface area contributed by atoms with Crippen LogP contribution in [0.4, 0.5) is 10.2 Å². The van der Waals surface area contributed by atoms with Gasteiger partial charge in [0.1, 0.15) is 23.1 Å². The number of carbonyl (C=O) groups is 1. The summed E-state index contributed by atoms with van der Waals surface area (Å²) in [5.41, 5.74) is -0.673. The second-order valence-corrected chi connectivity index (χ2v) is 7.02. The van der Waals surface area contributed by atoms with Crippen LogP contribution in [-0.2, 0) is 0 Å². The van der Waals surface area contributed by atoms with Crippen molar-refractivity contribution >= 4 is 11.7 Å². The number of amides is 1. The van der Waals surface area contributed by atoms with Crippen LogP contribution in [0.2, 0.25) is 0 Å². The topological polar surface area (TPSA) is 91.2 Å². The molecular weight excluding hydrogens is 337 g/mol. The fourth-order valence-corrected chi connectivity index (χ4v) is 3.11. The summed E-state index contributed by atoms with van der Waals surface area (Å²) in [5.74, 6) is 1.14. The van der Waals surface area contributed by atoms with Gasteiger partial charge in [0.05, 0.1) is 11.8 Å². The lowest BCUT2D eigenvalue weighted by Gasteiger charge is -2.24. The van der Waals surface area contributed by atoms with Crippen LogP contribution < -0.4 is 10.2 Å². The van der Waals surface area contributed by atoms with E-state index in [0.29, 0.717) is 36.8 Å². The predicted molar refractivity (Wildman–Crippen MR) is 92.3 cm³/mol. The number of anilines is 1. The molecule has 8 heteroatoms. The Balaban J connectivity index is 1.33. The van der Waals surface area contributed by atoms with E-state index in [1.54, 1.807) is 6.07 Å². The van der Waals surface area contributed by atoms with Gasteiger partial charge in [-0.25, -0.2) is 19.3 Å². The zero-order valence-corrected chi connectivity index (χ0v) is 14.2. The molecule has 0 radical (unpaired) electrons. The number of halogens is 1. The van der Waals surface area contributed by atoms with Gasteiger partial charge in [0.15, 0.2) is 0 Å². The van der Waals surface area contributed by atoms with Crippen molar-refractivity contribution in [1.82, 2.24) is 20.3 Å². The van der Waals surface area contributed by atoms with Gasteiger partial charge in [-0.1, -0.05) is 0 Å². The van der Waals surface area contributed by atoms with Gasteiger partial charge < -0.3 is 15.3 Å². The number of hydrogen-bond acceptors (Lipinski definition) is 6. The zero-order valence-electron chi connectivity index (χ0n) is 14.2. The van der Waals surface area contributed by atoms with Crippen molar-refractivity contribution in [1.29, 1.82) is 0 Å². The maximum absolute atomic E-state index is 13.0. The molecule has 0 spiro atoms. The molecule has 2 aliphatic rings. The molecule has 0 unspecified atom stereocenters. The lowest BCUT2D eigenvalue weighted by atomic mass is 10.0. The number of β-amino-alcohol motifs (C(OH)–C–C–N with tert-alkyl or cyclic N) is 1. The van der Waals surface area contributed by atoms with Crippen LogP contribution in [-0.4, -0.2) is 51.2 Å². The summed E-state index contributed by atoms with van der Waals surface area (Å²) >= 11 is 0. The number of nitrogens with one attached hydrogen (secondary N) is 1.